The smallest absolute Gasteiger partial charge is 0.226 e. The summed E-state index contributed by atoms with van der Waals surface area (Å²) in [5, 5.41) is 6.82. The lowest BCUT2D eigenvalue weighted by molar-refractivity contribution is 0.283. The maximum absolute atomic E-state index is 13.9. The first kappa shape index (κ1) is 15.4. The van der Waals surface area contributed by atoms with Crippen LogP contribution in [0.3, 0.4) is 0 Å². The molecule has 1 aromatic carbocycles. The van der Waals surface area contributed by atoms with E-state index in [1.54, 1.807) is 19.2 Å². The van der Waals surface area contributed by atoms with Crippen LogP contribution >= 0.6 is 0 Å². The fourth-order valence-electron chi connectivity index (χ4n) is 1.92. The molecule has 0 spiro atoms. The van der Waals surface area contributed by atoms with Crippen LogP contribution in [0.15, 0.2) is 22.7 Å². The van der Waals surface area contributed by atoms with Gasteiger partial charge in [0.2, 0.25) is 11.7 Å². The Morgan fingerprint density at radius 1 is 1.43 bits per heavy atom. The van der Waals surface area contributed by atoms with Crippen LogP contribution in [0.4, 0.5) is 4.39 Å². The number of nitrogens with one attached hydrogen (secondary N) is 1. The van der Waals surface area contributed by atoms with E-state index in [-0.39, 0.29) is 18.5 Å². The number of aromatic nitrogens is 2. The number of aryl methyl sites for hydroxylation is 1. The summed E-state index contributed by atoms with van der Waals surface area (Å²) in [7, 11) is 1.79. The highest BCUT2D eigenvalue weighted by Gasteiger charge is 2.11. The van der Waals surface area contributed by atoms with Crippen molar-refractivity contribution in [3.05, 3.63) is 41.3 Å². The first-order chi connectivity index (χ1) is 10.1. The van der Waals surface area contributed by atoms with E-state index in [0.29, 0.717) is 23.0 Å². The van der Waals surface area contributed by atoms with E-state index in [2.05, 4.69) is 15.5 Å². The van der Waals surface area contributed by atoms with Crippen molar-refractivity contribution in [1.29, 1.82) is 0 Å². The molecular weight excluding hydrogens is 273 g/mol. The maximum atomic E-state index is 13.9. The summed E-state index contributed by atoms with van der Waals surface area (Å²) in [4.78, 5) is 4.19. The minimum Gasteiger partial charge on any atom is -0.485 e. The summed E-state index contributed by atoms with van der Waals surface area (Å²) in [5.41, 5.74) is 0.606. The molecule has 5 nitrogen and oxygen atoms in total. The Kier molecular flexibility index (Phi) is 5.27. The Bertz CT molecular complexity index is 586. The molecule has 2 aromatic rings. The van der Waals surface area contributed by atoms with Crippen LogP contribution in [0.25, 0.3) is 0 Å². The number of nitrogens with zero attached hydrogens (tertiary/aromatic N) is 2. The van der Waals surface area contributed by atoms with Gasteiger partial charge in [-0.2, -0.15) is 4.98 Å². The Morgan fingerprint density at radius 2 is 2.24 bits per heavy atom. The molecule has 0 fully saturated rings. The second-order valence-corrected chi connectivity index (χ2v) is 4.84. The predicted octanol–water partition coefficient (Wildman–Crippen LogP) is 3.02. The third kappa shape index (κ3) is 4.01. The first-order valence-electron chi connectivity index (χ1n) is 7.05. The summed E-state index contributed by atoms with van der Waals surface area (Å²) in [6, 6.07) is 4.77. The van der Waals surface area contributed by atoms with Crippen LogP contribution in [0.2, 0.25) is 0 Å². The van der Waals surface area contributed by atoms with Gasteiger partial charge >= 0.3 is 0 Å². The Balaban J connectivity index is 1.98. The molecule has 6 heteroatoms. The van der Waals surface area contributed by atoms with Gasteiger partial charge in [-0.15, -0.1) is 0 Å². The quantitative estimate of drug-likeness (QED) is 0.850. The van der Waals surface area contributed by atoms with Gasteiger partial charge in [-0.3, -0.25) is 0 Å². The van der Waals surface area contributed by atoms with E-state index in [1.807, 2.05) is 13.8 Å². The van der Waals surface area contributed by atoms with Crippen LogP contribution in [0.1, 0.15) is 43.6 Å². The largest absolute Gasteiger partial charge is 0.485 e. The van der Waals surface area contributed by atoms with Gasteiger partial charge in [0.05, 0.1) is 0 Å². The lowest BCUT2D eigenvalue weighted by Gasteiger charge is -2.12. The van der Waals surface area contributed by atoms with Gasteiger partial charge < -0.3 is 14.6 Å². The molecule has 0 amide bonds. The molecule has 114 valence electrons. The Morgan fingerprint density at radius 3 is 2.90 bits per heavy atom. The fourth-order valence-corrected chi connectivity index (χ4v) is 1.92. The molecule has 1 heterocycles. The molecule has 21 heavy (non-hydrogen) atoms. The summed E-state index contributed by atoms with van der Waals surface area (Å²) < 4.78 is 24.5. The number of benzene rings is 1. The molecule has 0 aliphatic carbocycles. The summed E-state index contributed by atoms with van der Waals surface area (Å²) in [6.07, 6.45) is 1.69. The molecule has 0 aliphatic rings. The number of ether oxygens (including phenoxy) is 1. The van der Waals surface area contributed by atoms with E-state index >= 15 is 0 Å². The van der Waals surface area contributed by atoms with Gasteiger partial charge in [0, 0.05) is 24.1 Å². The highest BCUT2D eigenvalue weighted by molar-refractivity contribution is 5.30. The topological polar surface area (TPSA) is 60.2 Å². The molecule has 0 radical (unpaired) electrons. The molecule has 2 rings (SSSR count). The van der Waals surface area contributed by atoms with Crippen LogP contribution in [0, 0.1) is 5.82 Å². The Hall–Kier alpha value is -1.95. The molecule has 1 aromatic heterocycles. The lowest BCUT2D eigenvalue weighted by atomic mass is 10.1. The SMILES string of the molecule is CCCc1nc(COc2ccc(C(C)NC)c(F)c2)no1. The average molecular weight is 293 g/mol. The zero-order valence-electron chi connectivity index (χ0n) is 12.5. The first-order valence-corrected chi connectivity index (χ1v) is 7.05. The molecule has 0 saturated heterocycles. The van der Waals surface area contributed by atoms with Crippen LogP contribution < -0.4 is 10.1 Å². The second-order valence-electron chi connectivity index (χ2n) is 4.84. The number of halogens is 1. The van der Waals surface area contributed by atoms with Crippen molar-refractivity contribution in [1.82, 2.24) is 15.5 Å². The lowest BCUT2D eigenvalue weighted by Crippen LogP contribution is -2.13. The van der Waals surface area contributed by atoms with E-state index in [1.165, 1.54) is 6.07 Å². The summed E-state index contributed by atoms with van der Waals surface area (Å²) in [6.45, 7) is 4.10. The van der Waals surface area contributed by atoms with Gasteiger partial charge in [-0.1, -0.05) is 18.1 Å². The minimum absolute atomic E-state index is 0.0483. The third-order valence-electron chi connectivity index (χ3n) is 3.21. The summed E-state index contributed by atoms with van der Waals surface area (Å²) >= 11 is 0. The second kappa shape index (κ2) is 7.17. The Labute approximate surface area is 123 Å². The van der Waals surface area contributed by atoms with Crippen molar-refractivity contribution in [2.75, 3.05) is 7.05 Å². The van der Waals surface area contributed by atoms with Crippen molar-refractivity contribution in [3.63, 3.8) is 0 Å². The molecule has 0 aliphatic heterocycles. The molecule has 1 atom stereocenters. The van der Waals surface area contributed by atoms with Crippen LogP contribution in [-0.2, 0) is 13.0 Å². The zero-order valence-corrected chi connectivity index (χ0v) is 12.5. The van der Waals surface area contributed by atoms with Crippen LogP contribution in [0.5, 0.6) is 5.75 Å². The number of hydrogen-bond donors (Lipinski definition) is 1. The predicted molar refractivity (Wildman–Crippen MR) is 76.5 cm³/mol. The number of hydrogen-bond acceptors (Lipinski definition) is 5. The highest BCUT2D eigenvalue weighted by Crippen LogP contribution is 2.22. The van der Waals surface area contributed by atoms with Crippen LogP contribution in [-0.4, -0.2) is 17.2 Å². The van der Waals surface area contributed by atoms with Gasteiger partial charge in [-0.05, 0) is 26.5 Å². The van der Waals surface area contributed by atoms with Crippen molar-refractivity contribution in [2.24, 2.45) is 0 Å². The van der Waals surface area contributed by atoms with E-state index in [0.717, 1.165) is 12.8 Å². The molecular formula is C15H20FN3O2. The standard InChI is InChI=1S/C15H20FN3O2/c1-4-5-15-18-14(19-21-15)9-20-11-6-7-12(10(2)17-3)13(16)8-11/h6-8,10,17H,4-5,9H2,1-3H3. The zero-order chi connectivity index (χ0) is 15.2. The highest BCUT2D eigenvalue weighted by atomic mass is 19.1. The molecule has 1 unspecified atom stereocenters. The van der Waals surface area contributed by atoms with Gasteiger partial charge in [0.25, 0.3) is 0 Å². The molecule has 0 saturated carbocycles. The van der Waals surface area contributed by atoms with Gasteiger partial charge in [0.15, 0.2) is 6.61 Å². The monoisotopic (exact) mass is 293 g/mol. The molecule has 1 N–H and O–H groups in total. The van der Waals surface area contributed by atoms with Crippen molar-refractivity contribution in [3.8, 4) is 5.75 Å². The third-order valence-corrected chi connectivity index (χ3v) is 3.21. The normalized spacial score (nSPS) is 12.4. The number of rotatable bonds is 7. The summed E-state index contributed by atoms with van der Waals surface area (Å²) in [5.74, 6) is 1.21. The van der Waals surface area contributed by atoms with E-state index < -0.39 is 0 Å². The van der Waals surface area contributed by atoms with Gasteiger partial charge in [-0.25, -0.2) is 4.39 Å². The van der Waals surface area contributed by atoms with Crippen molar-refractivity contribution >= 4 is 0 Å². The van der Waals surface area contributed by atoms with E-state index in [9.17, 15) is 4.39 Å². The van der Waals surface area contributed by atoms with Crippen molar-refractivity contribution in [2.45, 2.75) is 39.3 Å². The average Bonchev–Trinajstić information content (AvgIpc) is 2.92. The van der Waals surface area contributed by atoms with E-state index in [4.69, 9.17) is 9.26 Å². The van der Waals surface area contributed by atoms with Crippen molar-refractivity contribution < 1.29 is 13.7 Å². The minimum atomic E-state index is -0.297. The molecule has 0 bridgehead atoms. The maximum Gasteiger partial charge on any atom is 0.226 e. The van der Waals surface area contributed by atoms with Gasteiger partial charge in [0.1, 0.15) is 11.6 Å². The fraction of sp³-hybridized carbons (Fsp3) is 0.467.